The number of halogens is 1. The van der Waals surface area contributed by atoms with Gasteiger partial charge in [-0.15, -0.1) is 17.0 Å². The van der Waals surface area contributed by atoms with Crippen molar-refractivity contribution >= 4 is 17.0 Å². The van der Waals surface area contributed by atoms with Crippen LogP contribution in [0.3, 0.4) is 0 Å². The molecule has 0 spiro atoms. The van der Waals surface area contributed by atoms with Crippen LogP contribution < -0.4 is 9.47 Å². The highest BCUT2D eigenvalue weighted by Crippen LogP contribution is 2.48. The molecule has 0 N–H and O–H groups in total. The number of likely N-dealkylation sites (N-methyl/N-ethyl adjacent to an activating group) is 1. The van der Waals surface area contributed by atoms with Gasteiger partial charge in [-0.2, -0.15) is 0 Å². The maximum Gasteiger partial charge on any atom is 0.231 e. The molecule has 104 valence electrons. The van der Waals surface area contributed by atoms with E-state index in [1.807, 2.05) is 0 Å². The fourth-order valence-electron chi connectivity index (χ4n) is 4.00. The van der Waals surface area contributed by atoms with Gasteiger partial charge in [0.1, 0.15) is 0 Å². The average molecular weight is 326 g/mol. The molecule has 1 aliphatic carbocycles. The van der Waals surface area contributed by atoms with Gasteiger partial charge in [0.2, 0.25) is 6.79 Å². The summed E-state index contributed by atoms with van der Waals surface area (Å²) in [5.74, 6) is 2.68. The molecule has 2 heterocycles. The van der Waals surface area contributed by atoms with E-state index in [4.69, 9.17) is 9.47 Å². The van der Waals surface area contributed by atoms with E-state index in [1.165, 1.54) is 37.1 Å². The first-order valence-corrected chi connectivity index (χ1v) is 7.04. The van der Waals surface area contributed by atoms with Crippen molar-refractivity contribution in [1.82, 2.24) is 4.90 Å². The first-order chi connectivity index (χ1) is 8.88. The van der Waals surface area contributed by atoms with Crippen molar-refractivity contribution in [2.75, 3.05) is 19.9 Å². The monoisotopic (exact) mass is 325 g/mol. The molecular formula is C15H20BrNO2. The SMILES string of the molecule is Br.CCN1CC[C@H]2c3ccc4c(c3CC[C@@H]21)OCO4. The minimum absolute atomic E-state index is 0. The van der Waals surface area contributed by atoms with Crippen molar-refractivity contribution in [3.05, 3.63) is 23.3 Å². The van der Waals surface area contributed by atoms with Crippen molar-refractivity contribution in [2.45, 2.75) is 38.1 Å². The van der Waals surface area contributed by atoms with Crippen LogP contribution in [0.4, 0.5) is 0 Å². The Bertz CT molecular complexity index is 491. The summed E-state index contributed by atoms with van der Waals surface area (Å²) in [4.78, 5) is 2.64. The zero-order valence-corrected chi connectivity index (χ0v) is 12.9. The maximum atomic E-state index is 5.66. The minimum atomic E-state index is 0. The van der Waals surface area contributed by atoms with E-state index in [0.29, 0.717) is 12.7 Å². The second-order valence-electron chi connectivity index (χ2n) is 5.50. The smallest absolute Gasteiger partial charge is 0.231 e. The lowest BCUT2D eigenvalue weighted by Gasteiger charge is -2.33. The molecule has 3 aliphatic rings. The summed E-state index contributed by atoms with van der Waals surface area (Å²) in [6.07, 6.45) is 3.70. The van der Waals surface area contributed by atoms with Crippen LogP contribution in [0.1, 0.15) is 36.8 Å². The van der Waals surface area contributed by atoms with Crippen molar-refractivity contribution in [2.24, 2.45) is 0 Å². The van der Waals surface area contributed by atoms with Crippen LogP contribution in [0.15, 0.2) is 12.1 Å². The lowest BCUT2D eigenvalue weighted by atomic mass is 9.79. The van der Waals surface area contributed by atoms with Crippen LogP contribution in [0.2, 0.25) is 0 Å². The quantitative estimate of drug-likeness (QED) is 0.791. The lowest BCUT2D eigenvalue weighted by Crippen LogP contribution is -2.34. The summed E-state index contributed by atoms with van der Waals surface area (Å²) in [5.41, 5.74) is 2.94. The normalized spacial score (nSPS) is 27.6. The standard InChI is InChI=1S/C15H19NO2.BrH/c1-2-16-8-7-11-10-4-6-14-15(18-9-17-14)12(10)3-5-13(11)16;/h4,6,11,13H,2-3,5,7-9H2,1H3;1H/t11-,13-;/m0./s1. The Morgan fingerprint density at radius 3 is 3.00 bits per heavy atom. The zero-order valence-electron chi connectivity index (χ0n) is 11.2. The van der Waals surface area contributed by atoms with Gasteiger partial charge in [0.25, 0.3) is 0 Å². The third-order valence-electron chi connectivity index (χ3n) is 4.83. The highest BCUT2D eigenvalue weighted by Gasteiger charge is 2.39. The van der Waals surface area contributed by atoms with E-state index in [0.717, 1.165) is 24.0 Å². The largest absolute Gasteiger partial charge is 0.454 e. The molecule has 3 nitrogen and oxygen atoms in total. The average Bonchev–Trinajstić information content (AvgIpc) is 3.04. The van der Waals surface area contributed by atoms with E-state index in [1.54, 1.807) is 0 Å². The lowest BCUT2D eigenvalue weighted by molar-refractivity contribution is 0.172. The highest BCUT2D eigenvalue weighted by atomic mass is 79.9. The molecule has 2 aliphatic heterocycles. The molecule has 1 aromatic rings. The second kappa shape index (κ2) is 4.98. The molecule has 19 heavy (non-hydrogen) atoms. The third-order valence-corrected chi connectivity index (χ3v) is 4.83. The van der Waals surface area contributed by atoms with Crippen LogP contribution in [0.25, 0.3) is 0 Å². The molecule has 0 bridgehead atoms. The molecule has 4 heteroatoms. The highest BCUT2D eigenvalue weighted by molar-refractivity contribution is 8.93. The summed E-state index contributed by atoms with van der Waals surface area (Å²) in [7, 11) is 0. The number of hydrogen-bond acceptors (Lipinski definition) is 3. The second-order valence-corrected chi connectivity index (χ2v) is 5.50. The van der Waals surface area contributed by atoms with Crippen LogP contribution in [0.5, 0.6) is 11.5 Å². The van der Waals surface area contributed by atoms with Gasteiger partial charge in [0.15, 0.2) is 11.5 Å². The first kappa shape index (κ1) is 13.3. The van der Waals surface area contributed by atoms with Crippen molar-refractivity contribution in [3.8, 4) is 11.5 Å². The summed E-state index contributed by atoms with van der Waals surface area (Å²) in [6.45, 7) is 5.10. The molecule has 1 fully saturated rings. The predicted octanol–water partition coefficient (Wildman–Crippen LogP) is 3.12. The molecule has 0 radical (unpaired) electrons. The molecule has 1 aromatic carbocycles. The molecule has 0 saturated carbocycles. The number of nitrogens with zero attached hydrogens (tertiary/aromatic N) is 1. The summed E-state index contributed by atoms with van der Waals surface area (Å²) < 4.78 is 11.1. The van der Waals surface area contributed by atoms with Gasteiger partial charge in [-0.25, -0.2) is 0 Å². The van der Waals surface area contributed by atoms with Gasteiger partial charge >= 0.3 is 0 Å². The van der Waals surface area contributed by atoms with Crippen molar-refractivity contribution in [1.29, 1.82) is 0 Å². The Morgan fingerprint density at radius 1 is 1.26 bits per heavy atom. The number of likely N-dealkylation sites (tertiary alicyclic amines) is 1. The van der Waals surface area contributed by atoms with Gasteiger partial charge in [-0.05, 0) is 44.0 Å². The fourth-order valence-corrected chi connectivity index (χ4v) is 4.00. The fraction of sp³-hybridized carbons (Fsp3) is 0.600. The minimum Gasteiger partial charge on any atom is -0.454 e. The Balaban J connectivity index is 0.00000110. The van der Waals surface area contributed by atoms with Crippen LogP contribution in [-0.4, -0.2) is 30.8 Å². The van der Waals surface area contributed by atoms with Gasteiger partial charge < -0.3 is 14.4 Å². The summed E-state index contributed by atoms with van der Waals surface area (Å²) in [5, 5.41) is 0. The zero-order chi connectivity index (χ0) is 12.1. The first-order valence-electron chi connectivity index (χ1n) is 7.04. The molecule has 0 aromatic heterocycles. The van der Waals surface area contributed by atoms with E-state index in [-0.39, 0.29) is 17.0 Å². The molecule has 0 unspecified atom stereocenters. The number of rotatable bonds is 1. The van der Waals surface area contributed by atoms with Crippen LogP contribution in [-0.2, 0) is 6.42 Å². The van der Waals surface area contributed by atoms with Gasteiger partial charge in [0.05, 0.1) is 0 Å². The molecule has 0 amide bonds. The molecular weight excluding hydrogens is 306 g/mol. The third kappa shape index (κ3) is 1.88. The Labute approximate surface area is 124 Å². The maximum absolute atomic E-state index is 5.66. The summed E-state index contributed by atoms with van der Waals surface area (Å²) in [6, 6.07) is 5.12. The number of fused-ring (bicyclic) bond motifs is 5. The van der Waals surface area contributed by atoms with E-state index < -0.39 is 0 Å². The Morgan fingerprint density at radius 2 is 2.16 bits per heavy atom. The van der Waals surface area contributed by atoms with E-state index >= 15 is 0 Å². The van der Waals surface area contributed by atoms with Crippen LogP contribution >= 0.6 is 17.0 Å². The van der Waals surface area contributed by atoms with Crippen molar-refractivity contribution < 1.29 is 9.47 Å². The Kier molecular flexibility index (Phi) is 3.48. The number of ether oxygens (including phenoxy) is 2. The number of hydrogen-bond donors (Lipinski definition) is 0. The molecule has 2 atom stereocenters. The molecule has 4 rings (SSSR count). The Hall–Kier alpha value is -0.740. The van der Waals surface area contributed by atoms with E-state index in [2.05, 4.69) is 24.0 Å². The van der Waals surface area contributed by atoms with Gasteiger partial charge in [-0.1, -0.05) is 13.0 Å². The van der Waals surface area contributed by atoms with Gasteiger partial charge in [0, 0.05) is 17.5 Å². The topological polar surface area (TPSA) is 21.7 Å². The number of benzene rings is 1. The van der Waals surface area contributed by atoms with Crippen molar-refractivity contribution in [3.63, 3.8) is 0 Å². The summed E-state index contributed by atoms with van der Waals surface area (Å²) >= 11 is 0. The van der Waals surface area contributed by atoms with E-state index in [9.17, 15) is 0 Å². The molecule has 1 saturated heterocycles. The predicted molar refractivity (Wildman–Crippen MR) is 79.6 cm³/mol. The van der Waals surface area contributed by atoms with Crippen LogP contribution in [0, 0.1) is 0 Å². The van der Waals surface area contributed by atoms with Gasteiger partial charge in [-0.3, -0.25) is 0 Å².